The number of benzene rings is 8. The quantitative estimate of drug-likeness (QED) is 0.185. The summed E-state index contributed by atoms with van der Waals surface area (Å²) < 4.78 is 7.22. The lowest BCUT2D eigenvalue weighted by Gasteiger charge is -2.39. The molecule has 4 nitrogen and oxygen atoms in total. The molecule has 0 unspecified atom stereocenters. The van der Waals surface area contributed by atoms with Crippen LogP contribution in [0.1, 0.15) is 16.7 Å². The van der Waals surface area contributed by atoms with Gasteiger partial charge in [-0.2, -0.15) is 0 Å². The van der Waals surface area contributed by atoms with Gasteiger partial charge >= 0.3 is 0 Å². The first-order valence-electron chi connectivity index (χ1n) is 18.3. The summed E-state index contributed by atoms with van der Waals surface area (Å²) in [5.74, 6) is 2.80. The highest BCUT2D eigenvalue weighted by Crippen LogP contribution is 2.58. The van der Waals surface area contributed by atoms with Crippen LogP contribution in [0.3, 0.4) is 0 Å². The molecule has 2 heterocycles. The van der Waals surface area contributed by atoms with Gasteiger partial charge in [-0.15, -0.1) is 0 Å². The molecule has 0 fully saturated rings. The third-order valence-corrected chi connectivity index (χ3v) is 10.9. The highest BCUT2D eigenvalue weighted by atomic mass is 16.5. The summed E-state index contributed by atoms with van der Waals surface area (Å²) in [6.07, 6.45) is 0. The average molecular weight is 690 g/mol. The van der Waals surface area contributed by atoms with Gasteiger partial charge in [-0.1, -0.05) is 170 Å². The van der Waals surface area contributed by atoms with Gasteiger partial charge in [-0.25, -0.2) is 15.0 Å². The van der Waals surface area contributed by atoms with Gasteiger partial charge < -0.3 is 4.74 Å². The van der Waals surface area contributed by atoms with E-state index in [1.807, 2.05) is 30.3 Å². The van der Waals surface area contributed by atoms with E-state index in [0.29, 0.717) is 17.5 Å². The molecule has 54 heavy (non-hydrogen) atoms. The first-order chi connectivity index (χ1) is 26.7. The SMILES string of the molecule is c1ccc(-c2nc(-c3ccc(-c4ccc5c(c4)-c4ccccc4C4(O5)c5ccccc5-c5ccccc54)cc3)nc(-c3ccc4ccccc4c3)n2)cc1. The molecule has 0 saturated carbocycles. The molecular weight excluding hydrogens is 659 g/mol. The minimum absolute atomic E-state index is 0.633. The van der Waals surface area contributed by atoms with Crippen LogP contribution in [0.4, 0.5) is 0 Å². The first-order valence-corrected chi connectivity index (χ1v) is 18.3. The largest absolute Gasteiger partial charge is 0.472 e. The predicted octanol–water partition coefficient (Wildman–Crippen LogP) is 12.0. The zero-order valence-electron chi connectivity index (χ0n) is 29.1. The molecule has 0 atom stereocenters. The van der Waals surface area contributed by atoms with Gasteiger partial charge in [-0.05, 0) is 56.8 Å². The molecule has 0 saturated heterocycles. The van der Waals surface area contributed by atoms with Crippen molar-refractivity contribution in [3.63, 3.8) is 0 Å². The Bertz CT molecular complexity index is 2870. The smallest absolute Gasteiger partial charge is 0.186 e. The molecule has 9 aromatic rings. The molecule has 1 aromatic heterocycles. The fraction of sp³-hybridized carbons (Fsp3) is 0.0200. The zero-order valence-corrected chi connectivity index (χ0v) is 29.1. The van der Waals surface area contributed by atoms with Crippen LogP contribution < -0.4 is 4.74 Å². The Morgan fingerprint density at radius 1 is 0.315 bits per heavy atom. The fourth-order valence-electron chi connectivity index (χ4n) is 8.34. The summed E-state index contributed by atoms with van der Waals surface area (Å²) in [5.41, 5.74) is 12.6. The summed E-state index contributed by atoms with van der Waals surface area (Å²) in [6.45, 7) is 0. The van der Waals surface area contributed by atoms with Crippen LogP contribution in [0.5, 0.6) is 5.75 Å². The van der Waals surface area contributed by atoms with Crippen LogP contribution in [-0.2, 0) is 5.60 Å². The van der Waals surface area contributed by atoms with Gasteiger partial charge in [0.1, 0.15) is 5.75 Å². The summed E-state index contributed by atoms with van der Waals surface area (Å²) in [4.78, 5) is 14.9. The Morgan fingerprint density at radius 2 is 0.778 bits per heavy atom. The Kier molecular flexibility index (Phi) is 6.73. The number of aromatic nitrogens is 3. The molecule has 2 aliphatic rings. The van der Waals surface area contributed by atoms with Gasteiger partial charge in [0, 0.05) is 38.9 Å². The fourth-order valence-corrected chi connectivity index (χ4v) is 8.34. The van der Waals surface area contributed by atoms with Crippen LogP contribution in [0, 0.1) is 0 Å². The molecular formula is C50H31N3O. The normalized spacial score (nSPS) is 13.1. The third-order valence-electron chi connectivity index (χ3n) is 10.9. The number of ether oxygens (including phenoxy) is 1. The van der Waals surface area contributed by atoms with Crippen LogP contribution in [0.15, 0.2) is 188 Å². The zero-order chi connectivity index (χ0) is 35.6. The number of rotatable bonds is 4. The topological polar surface area (TPSA) is 47.9 Å². The highest BCUT2D eigenvalue weighted by Gasteiger charge is 2.50. The number of nitrogens with zero attached hydrogens (tertiary/aromatic N) is 3. The lowest BCUT2D eigenvalue weighted by atomic mass is 9.77. The van der Waals surface area contributed by atoms with Crippen molar-refractivity contribution in [2.75, 3.05) is 0 Å². The van der Waals surface area contributed by atoms with Crippen molar-refractivity contribution in [3.8, 4) is 73.3 Å². The van der Waals surface area contributed by atoms with E-state index >= 15 is 0 Å². The van der Waals surface area contributed by atoms with Gasteiger partial charge in [0.25, 0.3) is 0 Å². The molecule has 0 radical (unpaired) electrons. The Balaban J connectivity index is 0.984. The van der Waals surface area contributed by atoms with E-state index in [4.69, 9.17) is 19.7 Å². The van der Waals surface area contributed by atoms with Crippen molar-refractivity contribution in [2.24, 2.45) is 0 Å². The Labute approximate surface area is 313 Å². The van der Waals surface area contributed by atoms with E-state index in [9.17, 15) is 0 Å². The van der Waals surface area contributed by atoms with Gasteiger partial charge in [0.15, 0.2) is 23.1 Å². The van der Waals surface area contributed by atoms with Crippen LogP contribution >= 0.6 is 0 Å². The van der Waals surface area contributed by atoms with Crippen molar-refractivity contribution in [2.45, 2.75) is 5.60 Å². The van der Waals surface area contributed by atoms with E-state index in [1.165, 1.54) is 33.2 Å². The van der Waals surface area contributed by atoms with Crippen LogP contribution in [-0.4, -0.2) is 15.0 Å². The lowest BCUT2D eigenvalue weighted by Crippen LogP contribution is -2.36. The summed E-state index contributed by atoms with van der Waals surface area (Å²) >= 11 is 0. The number of hydrogen-bond acceptors (Lipinski definition) is 4. The molecule has 8 aromatic carbocycles. The molecule has 1 aliphatic heterocycles. The van der Waals surface area contributed by atoms with Crippen LogP contribution in [0.25, 0.3) is 78.3 Å². The standard InChI is InChI=1S/C50H31N3O/c1-2-13-34(14-3-1)47-51-48(53-49(52-47)38-27-24-32-12-4-5-15-36(32)30-38)35-25-22-33(23-26-35)37-28-29-46-42(31-37)41-18-8-11-21-45(41)50(54-46)43-19-9-6-16-39(43)40-17-7-10-20-44(40)50/h1-31H. The average Bonchev–Trinajstić information content (AvgIpc) is 3.53. The third kappa shape index (κ3) is 4.67. The van der Waals surface area contributed by atoms with Gasteiger partial charge in [0.05, 0.1) is 0 Å². The summed E-state index contributed by atoms with van der Waals surface area (Å²) in [7, 11) is 0. The molecule has 0 N–H and O–H groups in total. The van der Waals surface area contributed by atoms with E-state index in [1.54, 1.807) is 0 Å². The summed E-state index contributed by atoms with van der Waals surface area (Å²) in [6, 6.07) is 65.9. The Hall–Kier alpha value is -7.17. The van der Waals surface area contributed by atoms with Crippen LogP contribution in [0.2, 0.25) is 0 Å². The second kappa shape index (κ2) is 11.9. The van der Waals surface area contributed by atoms with E-state index in [-0.39, 0.29) is 0 Å². The molecule has 0 bridgehead atoms. The minimum Gasteiger partial charge on any atom is -0.472 e. The highest BCUT2D eigenvalue weighted by molar-refractivity contribution is 5.90. The van der Waals surface area contributed by atoms with E-state index in [0.717, 1.165) is 50.1 Å². The Morgan fingerprint density at radius 3 is 1.43 bits per heavy atom. The van der Waals surface area contributed by atoms with Crippen molar-refractivity contribution in [3.05, 3.63) is 205 Å². The monoisotopic (exact) mass is 689 g/mol. The van der Waals surface area contributed by atoms with E-state index in [2.05, 4.69) is 158 Å². The predicted molar refractivity (Wildman–Crippen MR) is 217 cm³/mol. The lowest BCUT2D eigenvalue weighted by molar-refractivity contribution is 0.157. The van der Waals surface area contributed by atoms with Crippen molar-refractivity contribution in [1.29, 1.82) is 0 Å². The first kappa shape index (κ1) is 30.5. The molecule has 11 rings (SSSR count). The van der Waals surface area contributed by atoms with Gasteiger partial charge in [-0.3, -0.25) is 0 Å². The summed E-state index contributed by atoms with van der Waals surface area (Å²) in [5, 5.41) is 2.33. The molecule has 4 heteroatoms. The maximum atomic E-state index is 7.22. The maximum Gasteiger partial charge on any atom is 0.186 e. The molecule has 1 aliphatic carbocycles. The second-order valence-electron chi connectivity index (χ2n) is 13.9. The second-order valence-corrected chi connectivity index (χ2v) is 13.9. The molecule has 0 amide bonds. The molecule has 252 valence electrons. The van der Waals surface area contributed by atoms with Crippen molar-refractivity contribution >= 4 is 10.8 Å². The number of fused-ring (bicyclic) bond motifs is 10. The molecule has 1 spiro atoms. The van der Waals surface area contributed by atoms with Crippen molar-refractivity contribution < 1.29 is 4.74 Å². The minimum atomic E-state index is -0.714. The maximum absolute atomic E-state index is 7.22. The van der Waals surface area contributed by atoms with Gasteiger partial charge in [0.2, 0.25) is 0 Å². The van der Waals surface area contributed by atoms with Crippen molar-refractivity contribution in [1.82, 2.24) is 15.0 Å². The number of hydrogen-bond donors (Lipinski definition) is 0. The van der Waals surface area contributed by atoms with E-state index < -0.39 is 5.60 Å².